The Hall–Kier alpha value is -4.45. The third kappa shape index (κ3) is 68.2. The molecule has 472 valence electrons. The van der Waals surface area contributed by atoms with Gasteiger partial charge in [-0.05, 0) is 141 Å². The van der Waals surface area contributed by atoms with Crippen LogP contribution in [0.2, 0.25) is 0 Å². The van der Waals surface area contributed by atoms with Crippen LogP contribution < -0.4 is 0 Å². The molecule has 0 heterocycles. The zero-order valence-corrected chi connectivity index (χ0v) is 54.2. The van der Waals surface area contributed by atoms with Gasteiger partial charge in [-0.25, -0.2) is 0 Å². The molecule has 1 unspecified atom stereocenters. The zero-order chi connectivity index (χ0) is 59.9. The van der Waals surface area contributed by atoms with Gasteiger partial charge in [-0.3, -0.25) is 14.4 Å². The Balaban J connectivity index is 4.47. The minimum Gasteiger partial charge on any atom is -0.462 e. The maximum absolute atomic E-state index is 13.0. The first-order valence-corrected chi connectivity index (χ1v) is 34.7. The summed E-state index contributed by atoms with van der Waals surface area (Å²) in [6.07, 6.45) is 98.9. The summed E-state index contributed by atoms with van der Waals surface area (Å²) in [6, 6.07) is 0. The van der Waals surface area contributed by atoms with Gasteiger partial charge in [0.25, 0.3) is 0 Å². The maximum Gasteiger partial charge on any atom is 0.306 e. The van der Waals surface area contributed by atoms with Crippen molar-refractivity contribution in [3.63, 3.8) is 0 Å². The standard InChI is InChI=1S/C77H128O6/c1-4-7-10-13-16-19-22-25-28-31-34-36-37-38-39-41-43-46-49-52-55-58-61-64-67-70-76(79)82-73-74(72-81-75(78)69-66-63-60-57-54-51-48-45-42-33-30-27-24-21-18-15-12-9-6-3)83-77(80)71-68-65-62-59-56-53-50-47-44-40-35-32-29-26-23-20-17-14-11-8-5-2/h9,12,18,21-23,25-27,30-32,34-35,37-38,42,44-45,47,51,54,74H,4-8,10-11,13-17,19-20,24,28-29,33,36,39-41,43,46,48-50,52-53,55-73H2,1-3H3/b12-9-,21-18-,25-22-,26-23-,30-27-,34-31-,35-32-,38-37-,45-42-,47-44-,54-51-. The lowest BCUT2D eigenvalue weighted by Crippen LogP contribution is -2.30. The summed E-state index contributed by atoms with van der Waals surface area (Å²) >= 11 is 0. The van der Waals surface area contributed by atoms with E-state index in [-0.39, 0.29) is 31.1 Å². The van der Waals surface area contributed by atoms with Gasteiger partial charge in [-0.1, -0.05) is 289 Å². The monoisotopic (exact) mass is 1150 g/mol. The summed E-state index contributed by atoms with van der Waals surface area (Å²) in [6.45, 7) is 6.48. The molecule has 0 aliphatic carbocycles. The second-order valence-corrected chi connectivity index (χ2v) is 22.7. The van der Waals surface area contributed by atoms with Crippen LogP contribution in [0.1, 0.15) is 316 Å². The van der Waals surface area contributed by atoms with E-state index in [1.165, 1.54) is 141 Å². The van der Waals surface area contributed by atoms with E-state index < -0.39 is 6.10 Å². The lowest BCUT2D eigenvalue weighted by molar-refractivity contribution is -0.167. The van der Waals surface area contributed by atoms with Gasteiger partial charge >= 0.3 is 17.9 Å². The molecule has 0 aromatic heterocycles. The smallest absolute Gasteiger partial charge is 0.306 e. The van der Waals surface area contributed by atoms with E-state index in [1.807, 2.05) is 0 Å². The Labute approximate surface area is 513 Å². The van der Waals surface area contributed by atoms with Crippen molar-refractivity contribution in [1.82, 2.24) is 0 Å². The van der Waals surface area contributed by atoms with Crippen molar-refractivity contribution in [2.75, 3.05) is 13.2 Å². The topological polar surface area (TPSA) is 78.9 Å². The number of hydrogen-bond acceptors (Lipinski definition) is 6. The summed E-state index contributed by atoms with van der Waals surface area (Å²) in [7, 11) is 0. The number of allylic oxidation sites excluding steroid dienone is 22. The van der Waals surface area contributed by atoms with Crippen molar-refractivity contribution in [2.24, 2.45) is 0 Å². The predicted octanol–water partition coefficient (Wildman–Crippen LogP) is 24.1. The highest BCUT2D eigenvalue weighted by Crippen LogP contribution is 2.15. The number of ether oxygens (including phenoxy) is 3. The Morgan fingerprint density at radius 3 is 0.747 bits per heavy atom. The van der Waals surface area contributed by atoms with E-state index in [0.717, 1.165) is 135 Å². The summed E-state index contributed by atoms with van der Waals surface area (Å²) in [5.41, 5.74) is 0. The van der Waals surface area contributed by atoms with Gasteiger partial charge in [0.1, 0.15) is 13.2 Å². The molecule has 0 radical (unpaired) electrons. The van der Waals surface area contributed by atoms with E-state index in [1.54, 1.807) is 0 Å². The molecule has 0 aliphatic rings. The quantitative estimate of drug-likeness (QED) is 0.0261. The van der Waals surface area contributed by atoms with E-state index in [9.17, 15) is 14.4 Å². The van der Waals surface area contributed by atoms with E-state index in [0.29, 0.717) is 19.3 Å². The Morgan fingerprint density at radius 1 is 0.253 bits per heavy atom. The summed E-state index contributed by atoms with van der Waals surface area (Å²) in [5, 5.41) is 0. The molecule has 0 aromatic rings. The number of unbranched alkanes of at least 4 members (excludes halogenated alkanes) is 29. The minimum absolute atomic E-state index is 0.0996. The fraction of sp³-hybridized carbons (Fsp3) is 0.675. The first-order valence-electron chi connectivity index (χ1n) is 34.7. The molecule has 0 saturated carbocycles. The summed E-state index contributed by atoms with van der Waals surface area (Å²) < 4.78 is 16.9. The van der Waals surface area contributed by atoms with E-state index >= 15 is 0 Å². The third-order valence-electron chi connectivity index (χ3n) is 14.6. The molecule has 0 rings (SSSR count). The highest BCUT2D eigenvalue weighted by Gasteiger charge is 2.19. The molecule has 0 aromatic carbocycles. The van der Waals surface area contributed by atoms with Crippen LogP contribution >= 0.6 is 0 Å². The highest BCUT2D eigenvalue weighted by atomic mass is 16.6. The molecule has 6 heteroatoms. The zero-order valence-electron chi connectivity index (χ0n) is 54.2. The predicted molar refractivity (Wildman–Crippen MR) is 362 cm³/mol. The van der Waals surface area contributed by atoms with E-state index in [4.69, 9.17) is 14.2 Å². The molecule has 0 N–H and O–H groups in total. The fourth-order valence-corrected chi connectivity index (χ4v) is 9.43. The highest BCUT2D eigenvalue weighted by molar-refractivity contribution is 5.71. The van der Waals surface area contributed by atoms with Crippen LogP contribution in [0, 0.1) is 0 Å². The van der Waals surface area contributed by atoms with Gasteiger partial charge in [0.15, 0.2) is 6.10 Å². The first-order chi connectivity index (χ1) is 41.0. The lowest BCUT2D eigenvalue weighted by Gasteiger charge is -2.18. The lowest BCUT2D eigenvalue weighted by atomic mass is 10.1. The van der Waals surface area contributed by atoms with Crippen molar-refractivity contribution in [1.29, 1.82) is 0 Å². The van der Waals surface area contributed by atoms with Crippen LogP contribution in [0.15, 0.2) is 134 Å². The molecule has 0 spiro atoms. The average Bonchev–Trinajstić information content (AvgIpc) is 3.49. The van der Waals surface area contributed by atoms with Gasteiger partial charge in [-0.15, -0.1) is 0 Å². The SMILES string of the molecule is CC/C=C\C/C=C\C/C=C\C/C=C\C/C=C\CCCCCC(=O)OCC(COC(=O)CCCCCCCCCCCC/C=C\C/C=C\C/C=C\CCCCCCC)OC(=O)CCCCCCCC/C=C\C/C=C\C/C=C\CCCCCCC. The Kier molecular flexibility index (Phi) is 66.3. The summed E-state index contributed by atoms with van der Waals surface area (Å²) in [4.78, 5) is 38.5. The largest absolute Gasteiger partial charge is 0.462 e. The molecule has 6 nitrogen and oxygen atoms in total. The third-order valence-corrected chi connectivity index (χ3v) is 14.6. The normalized spacial score (nSPS) is 13.0. The molecular weight excluding hydrogens is 1020 g/mol. The molecular formula is C77H128O6. The summed E-state index contributed by atoms with van der Waals surface area (Å²) in [5.74, 6) is -0.943. The maximum atomic E-state index is 13.0. The van der Waals surface area contributed by atoms with Crippen molar-refractivity contribution >= 4 is 17.9 Å². The van der Waals surface area contributed by atoms with Crippen LogP contribution in [-0.4, -0.2) is 37.2 Å². The van der Waals surface area contributed by atoms with Crippen LogP contribution in [0.3, 0.4) is 0 Å². The van der Waals surface area contributed by atoms with Crippen molar-refractivity contribution in [2.45, 2.75) is 322 Å². The molecule has 0 aliphatic heterocycles. The number of rotatable bonds is 62. The number of carbonyl (C=O) groups excluding carboxylic acids is 3. The first kappa shape index (κ1) is 78.5. The Bertz CT molecular complexity index is 1750. The van der Waals surface area contributed by atoms with Gasteiger partial charge < -0.3 is 14.2 Å². The van der Waals surface area contributed by atoms with Gasteiger partial charge in [-0.2, -0.15) is 0 Å². The number of esters is 3. The Morgan fingerprint density at radius 2 is 0.470 bits per heavy atom. The van der Waals surface area contributed by atoms with Crippen molar-refractivity contribution in [3.05, 3.63) is 134 Å². The molecule has 1 atom stereocenters. The molecule has 0 saturated heterocycles. The van der Waals surface area contributed by atoms with E-state index in [2.05, 4.69) is 154 Å². The molecule has 0 amide bonds. The molecule has 83 heavy (non-hydrogen) atoms. The van der Waals surface area contributed by atoms with Crippen LogP contribution in [0.4, 0.5) is 0 Å². The number of hydrogen-bond donors (Lipinski definition) is 0. The van der Waals surface area contributed by atoms with Crippen LogP contribution in [0.25, 0.3) is 0 Å². The van der Waals surface area contributed by atoms with Gasteiger partial charge in [0.05, 0.1) is 0 Å². The fourth-order valence-electron chi connectivity index (χ4n) is 9.43. The number of carbonyl (C=O) groups is 3. The van der Waals surface area contributed by atoms with Crippen LogP contribution in [0.5, 0.6) is 0 Å². The van der Waals surface area contributed by atoms with Crippen molar-refractivity contribution < 1.29 is 28.6 Å². The second-order valence-electron chi connectivity index (χ2n) is 22.7. The minimum atomic E-state index is -0.808. The van der Waals surface area contributed by atoms with Crippen LogP contribution in [-0.2, 0) is 28.6 Å². The molecule has 0 fully saturated rings. The van der Waals surface area contributed by atoms with Gasteiger partial charge in [0.2, 0.25) is 0 Å². The average molecular weight is 1150 g/mol. The van der Waals surface area contributed by atoms with Crippen molar-refractivity contribution in [3.8, 4) is 0 Å². The second kappa shape index (κ2) is 70.0. The van der Waals surface area contributed by atoms with Gasteiger partial charge in [0, 0.05) is 19.3 Å². The molecule has 0 bridgehead atoms.